The minimum Gasteiger partial charge on any atom is -0.269 e. The summed E-state index contributed by atoms with van der Waals surface area (Å²) in [7, 11) is 0. The highest BCUT2D eigenvalue weighted by Crippen LogP contribution is 2.30. The van der Waals surface area contributed by atoms with Crippen LogP contribution >= 0.6 is 0 Å². The first kappa shape index (κ1) is 20.6. The minimum absolute atomic E-state index is 0.0149. The number of benzene rings is 2. The van der Waals surface area contributed by atoms with E-state index in [9.17, 15) is 10.1 Å². The molecule has 0 unspecified atom stereocenters. The van der Waals surface area contributed by atoms with Crippen LogP contribution in [0.25, 0.3) is 11.3 Å². The first-order valence-electron chi connectivity index (χ1n) is 10.7. The molecule has 0 spiro atoms. The Morgan fingerprint density at radius 3 is 2.45 bits per heavy atom. The third-order valence-corrected chi connectivity index (χ3v) is 5.81. The van der Waals surface area contributed by atoms with E-state index >= 15 is 0 Å². The van der Waals surface area contributed by atoms with Gasteiger partial charge in [0.05, 0.1) is 23.0 Å². The van der Waals surface area contributed by atoms with Gasteiger partial charge in [-0.05, 0) is 55.5 Å². The summed E-state index contributed by atoms with van der Waals surface area (Å²) in [6.07, 6.45) is 7.26. The zero-order valence-corrected chi connectivity index (χ0v) is 17.9. The van der Waals surface area contributed by atoms with Crippen LogP contribution in [0.4, 0.5) is 0 Å². The molecule has 31 heavy (non-hydrogen) atoms. The summed E-state index contributed by atoms with van der Waals surface area (Å²) in [5, 5.41) is 9.39. The molecule has 1 heterocycles. The molecule has 0 saturated heterocycles. The molecule has 0 amide bonds. The molecule has 0 aliphatic heterocycles. The Balaban J connectivity index is 1.70. The molecule has 154 valence electrons. The summed E-state index contributed by atoms with van der Waals surface area (Å²) in [6.45, 7) is 3.93. The van der Waals surface area contributed by atoms with Crippen LogP contribution in [0.5, 0.6) is 0 Å². The number of aryl methyl sites for hydroxylation is 2. The number of nitrogens with zero attached hydrogens (tertiary/aromatic N) is 3. The van der Waals surface area contributed by atoms with Crippen molar-refractivity contribution in [2.45, 2.75) is 39.5 Å². The minimum atomic E-state index is 0.0149. The Labute approximate surface area is 182 Å². The van der Waals surface area contributed by atoms with Crippen LogP contribution in [0.1, 0.15) is 48.0 Å². The molecule has 4 nitrogen and oxygen atoms in total. The van der Waals surface area contributed by atoms with Crippen molar-refractivity contribution in [2.75, 3.05) is 0 Å². The molecule has 0 bridgehead atoms. The normalized spacial score (nSPS) is 13.3. The fraction of sp³-hybridized carbons (Fsp3) is 0.222. The maximum absolute atomic E-state index is 13.5. The topological polar surface area (TPSA) is 58.7 Å². The van der Waals surface area contributed by atoms with Gasteiger partial charge in [-0.3, -0.25) is 9.36 Å². The lowest BCUT2D eigenvalue weighted by Crippen LogP contribution is -2.28. The summed E-state index contributed by atoms with van der Waals surface area (Å²) in [5.74, 6) is 0.713. The Hall–Kier alpha value is -3.71. The molecule has 0 fully saturated rings. The third-order valence-electron chi connectivity index (χ3n) is 5.81. The molecule has 4 heteroatoms. The number of aromatic nitrogens is 2. The lowest BCUT2D eigenvalue weighted by molar-refractivity contribution is 0.791. The Morgan fingerprint density at radius 2 is 1.77 bits per heavy atom. The fourth-order valence-electron chi connectivity index (χ4n) is 4.21. The van der Waals surface area contributed by atoms with E-state index in [1.165, 1.54) is 11.1 Å². The molecule has 1 aliphatic rings. The number of hydrogen-bond acceptors (Lipinski definition) is 3. The van der Waals surface area contributed by atoms with Crippen molar-refractivity contribution < 1.29 is 0 Å². The van der Waals surface area contributed by atoms with Gasteiger partial charge in [0.15, 0.2) is 0 Å². The first-order valence-corrected chi connectivity index (χ1v) is 10.7. The number of para-hydroxylation sites is 1. The van der Waals surface area contributed by atoms with Gasteiger partial charge in [0, 0.05) is 12.0 Å². The molecule has 3 aromatic rings. The fourth-order valence-corrected chi connectivity index (χ4v) is 4.21. The van der Waals surface area contributed by atoms with Gasteiger partial charge in [0.1, 0.15) is 5.82 Å². The van der Waals surface area contributed by atoms with Crippen LogP contribution < -0.4 is 5.56 Å². The number of nitriles is 1. The highest BCUT2D eigenvalue weighted by atomic mass is 16.1. The average Bonchev–Trinajstić information content (AvgIpc) is 2.82. The molecule has 0 saturated carbocycles. The molecule has 2 aromatic carbocycles. The number of allylic oxidation sites excluding steroid dienone is 4. The van der Waals surface area contributed by atoms with Crippen LogP contribution in [0.15, 0.2) is 77.1 Å². The Kier molecular flexibility index (Phi) is 5.95. The molecule has 1 aromatic heterocycles. The Bertz CT molecular complexity index is 1270. The van der Waals surface area contributed by atoms with E-state index in [0.29, 0.717) is 17.8 Å². The lowest BCUT2D eigenvalue weighted by atomic mass is 9.88. The van der Waals surface area contributed by atoms with Gasteiger partial charge in [0.2, 0.25) is 0 Å². The van der Waals surface area contributed by atoms with Crippen LogP contribution in [0.2, 0.25) is 0 Å². The SMILES string of the molecule is CCc1nc(C)n(-c2ccccc2)c(=O)c1CC1=CC=C(c2ccccc2C#N)CC1. The molecule has 1 aliphatic carbocycles. The van der Waals surface area contributed by atoms with Gasteiger partial charge >= 0.3 is 0 Å². The van der Waals surface area contributed by atoms with Crippen molar-refractivity contribution in [1.29, 1.82) is 5.26 Å². The molecular weight excluding hydrogens is 382 g/mol. The highest BCUT2D eigenvalue weighted by Gasteiger charge is 2.18. The molecule has 0 radical (unpaired) electrons. The van der Waals surface area contributed by atoms with E-state index in [4.69, 9.17) is 4.98 Å². The predicted molar refractivity (Wildman–Crippen MR) is 124 cm³/mol. The summed E-state index contributed by atoms with van der Waals surface area (Å²) >= 11 is 0. The van der Waals surface area contributed by atoms with Crippen molar-refractivity contribution >= 4 is 5.57 Å². The summed E-state index contributed by atoms with van der Waals surface area (Å²) in [4.78, 5) is 18.2. The van der Waals surface area contributed by atoms with E-state index in [-0.39, 0.29) is 5.56 Å². The van der Waals surface area contributed by atoms with Crippen LogP contribution in [-0.4, -0.2) is 9.55 Å². The zero-order valence-electron chi connectivity index (χ0n) is 17.9. The van der Waals surface area contributed by atoms with Crippen LogP contribution in [0.3, 0.4) is 0 Å². The van der Waals surface area contributed by atoms with Gasteiger partial charge in [-0.25, -0.2) is 4.98 Å². The second kappa shape index (κ2) is 8.97. The van der Waals surface area contributed by atoms with Crippen molar-refractivity contribution in [2.24, 2.45) is 0 Å². The van der Waals surface area contributed by atoms with E-state index in [0.717, 1.165) is 41.8 Å². The van der Waals surface area contributed by atoms with Crippen molar-refractivity contribution in [3.05, 3.63) is 111 Å². The second-order valence-corrected chi connectivity index (χ2v) is 7.76. The van der Waals surface area contributed by atoms with E-state index < -0.39 is 0 Å². The zero-order chi connectivity index (χ0) is 21.8. The van der Waals surface area contributed by atoms with E-state index in [1.54, 1.807) is 4.57 Å². The number of hydrogen-bond donors (Lipinski definition) is 0. The highest BCUT2D eigenvalue weighted by molar-refractivity contribution is 5.73. The average molecular weight is 408 g/mol. The van der Waals surface area contributed by atoms with Gasteiger partial charge < -0.3 is 0 Å². The first-order chi connectivity index (χ1) is 15.1. The smallest absolute Gasteiger partial charge is 0.261 e. The maximum Gasteiger partial charge on any atom is 0.261 e. The molecule has 4 rings (SSSR count). The standard InChI is InChI=1S/C27H25N3O/c1-3-26-25(27(31)30(19(2)29-26)23-10-5-4-6-11-23)17-20-13-15-21(16-14-20)24-12-8-7-9-22(24)18-28/h4-13,15H,3,14,16-17H2,1-2H3. The third kappa shape index (κ3) is 4.13. The summed E-state index contributed by atoms with van der Waals surface area (Å²) in [6, 6.07) is 19.7. The monoisotopic (exact) mass is 407 g/mol. The van der Waals surface area contributed by atoms with Crippen LogP contribution in [0, 0.1) is 18.3 Å². The van der Waals surface area contributed by atoms with Gasteiger partial charge in [0.25, 0.3) is 5.56 Å². The van der Waals surface area contributed by atoms with E-state index in [1.807, 2.05) is 68.4 Å². The molecule has 0 N–H and O–H groups in total. The maximum atomic E-state index is 13.5. The predicted octanol–water partition coefficient (Wildman–Crippen LogP) is 5.32. The van der Waals surface area contributed by atoms with Gasteiger partial charge in [-0.2, -0.15) is 5.26 Å². The van der Waals surface area contributed by atoms with Crippen molar-refractivity contribution in [1.82, 2.24) is 9.55 Å². The molecule has 0 atom stereocenters. The molecular formula is C27H25N3O. The van der Waals surface area contributed by atoms with Gasteiger partial charge in [-0.1, -0.05) is 61.0 Å². The van der Waals surface area contributed by atoms with Gasteiger partial charge in [-0.15, -0.1) is 0 Å². The largest absolute Gasteiger partial charge is 0.269 e. The quantitative estimate of drug-likeness (QED) is 0.575. The second-order valence-electron chi connectivity index (χ2n) is 7.76. The summed E-state index contributed by atoms with van der Waals surface area (Å²) in [5.41, 5.74) is 6.59. The van der Waals surface area contributed by atoms with E-state index in [2.05, 4.69) is 18.2 Å². The van der Waals surface area contributed by atoms with Crippen molar-refractivity contribution in [3.63, 3.8) is 0 Å². The Morgan fingerprint density at radius 1 is 1.03 bits per heavy atom. The lowest BCUT2D eigenvalue weighted by Gasteiger charge is -2.18. The summed E-state index contributed by atoms with van der Waals surface area (Å²) < 4.78 is 1.71. The van der Waals surface area contributed by atoms with Crippen molar-refractivity contribution in [3.8, 4) is 11.8 Å². The van der Waals surface area contributed by atoms with Crippen LogP contribution in [-0.2, 0) is 12.8 Å². The number of rotatable bonds is 5.